The Kier molecular flexibility index (Phi) is 4.22. The van der Waals surface area contributed by atoms with Gasteiger partial charge in [0.05, 0.1) is 0 Å². The number of carbonyl (C=O) groups is 2. The molecule has 0 saturated carbocycles. The monoisotopic (exact) mass is 204 g/mol. The minimum atomic E-state index is 0.0404. The number of aryl methyl sites for hydroxylation is 2. The molecule has 0 fully saturated rings. The highest BCUT2D eigenvalue weighted by atomic mass is 16.1. The highest BCUT2D eigenvalue weighted by Crippen LogP contribution is 2.23. The van der Waals surface area contributed by atoms with E-state index >= 15 is 0 Å². The molecule has 15 heavy (non-hydrogen) atoms. The second-order valence-electron chi connectivity index (χ2n) is 3.92. The summed E-state index contributed by atoms with van der Waals surface area (Å²) >= 11 is 0. The van der Waals surface area contributed by atoms with Crippen molar-refractivity contribution in [2.24, 2.45) is 0 Å². The largest absolute Gasteiger partial charge is 0.303 e. The van der Waals surface area contributed by atoms with Crippen molar-refractivity contribution in [3.8, 4) is 0 Å². The number of rotatable bonds is 5. The smallest absolute Gasteiger partial charge is 0.120 e. The van der Waals surface area contributed by atoms with Gasteiger partial charge in [0.1, 0.15) is 12.6 Å². The standard InChI is InChI=1S/C13H16O2/c1-10-7-11(2)9-13(8-10)12(3-5-14)4-6-15/h5-9,12H,3-4H2,1-2H3. The normalized spacial score (nSPS) is 10.3. The molecule has 1 rings (SSSR count). The zero-order valence-electron chi connectivity index (χ0n) is 9.19. The predicted molar refractivity (Wildman–Crippen MR) is 60.0 cm³/mol. The lowest BCUT2D eigenvalue weighted by atomic mass is 9.91. The van der Waals surface area contributed by atoms with Gasteiger partial charge in [-0.15, -0.1) is 0 Å². The van der Waals surface area contributed by atoms with Crippen molar-refractivity contribution in [1.29, 1.82) is 0 Å². The van der Waals surface area contributed by atoms with Crippen molar-refractivity contribution in [1.82, 2.24) is 0 Å². The molecule has 0 aliphatic heterocycles. The molecule has 0 aromatic heterocycles. The fraction of sp³-hybridized carbons (Fsp3) is 0.385. The Morgan fingerprint density at radius 2 is 1.47 bits per heavy atom. The molecule has 2 heteroatoms. The van der Waals surface area contributed by atoms with E-state index in [1.165, 1.54) is 11.1 Å². The number of hydrogen-bond donors (Lipinski definition) is 0. The third-order valence-electron chi connectivity index (χ3n) is 2.48. The molecule has 0 N–H and O–H groups in total. The van der Waals surface area contributed by atoms with Gasteiger partial charge in [-0.3, -0.25) is 0 Å². The predicted octanol–water partition coefficient (Wildman–Crippen LogP) is 2.57. The lowest BCUT2D eigenvalue weighted by Gasteiger charge is -2.13. The maximum Gasteiger partial charge on any atom is 0.120 e. The molecule has 0 unspecified atom stereocenters. The van der Waals surface area contributed by atoms with E-state index in [1.807, 2.05) is 26.0 Å². The maximum atomic E-state index is 10.5. The van der Waals surface area contributed by atoms with E-state index in [9.17, 15) is 9.59 Å². The fourth-order valence-corrected chi connectivity index (χ4v) is 1.85. The van der Waals surface area contributed by atoms with Gasteiger partial charge in [-0.05, 0) is 25.3 Å². The Hall–Kier alpha value is -1.44. The number of aldehydes is 2. The molecule has 0 spiro atoms. The summed E-state index contributed by atoms with van der Waals surface area (Å²) in [5, 5.41) is 0. The summed E-state index contributed by atoms with van der Waals surface area (Å²) in [5.74, 6) is 0.0404. The van der Waals surface area contributed by atoms with Crippen LogP contribution in [0.2, 0.25) is 0 Å². The van der Waals surface area contributed by atoms with Crippen LogP contribution in [-0.2, 0) is 9.59 Å². The van der Waals surface area contributed by atoms with Gasteiger partial charge in [-0.2, -0.15) is 0 Å². The van der Waals surface area contributed by atoms with E-state index in [0.29, 0.717) is 12.8 Å². The molecule has 0 saturated heterocycles. The van der Waals surface area contributed by atoms with Crippen molar-refractivity contribution in [2.45, 2.75) is 32.6 Å². The van der Waals surface area contributed by atoms with Crippen molar-refractivity contribution in [3.05, 3.63) is 34.9 Å². The molecule has 80 valence electrons. The summed E-state index contributed by atoms with van der Waals surface area (Å²) in [5.41, 5.74) is 3.44. The zero-order chi connectivity index (χ0) is 11.3. The van der Waals surface area contributed by atoms with Crippen LogP contribution in [-0.4, -0.2) is 12.6 Å². The van der Waals surface area contributed by atoms with Gasteiger partial charge in [0.25, 0.3) is 0 Å². The molecule has 0 bridgehead atoms. The third kappa shape index (κ3) is 3.31. The van der Waals surface area contributed by atoms with Gasteiger partial charge in [0, 0.05) is 12.8 Å². The van der Waals surface area contributed by atoms with E-state index < -0.39 is 0 Å². The first-order chi connectivity index (χ1) is 7.17. The summed E-state index contributed by atoms with van der Waals surface area (Å²) < 4.78 is 0. The quantitative estimate of drug-likeness (QED) is 0.691. The summed E-state index contributed by atoms with van der Waals surface area (Å²) in [6.07, 6.45) is 2.60. The van der Waals surface area contributed by atoms with Gasteiger partial charge in [-0.1, -0.05) is 29.3 Å². The Labute approximate surface area is 90.3 Å². The maximum absolute atomic E-state index is 10.5. The SMILES string of the molecule is Cc1cc(C)cc(C(CC=O)CC=O)c1. The fourth-order valence-electron chi connectivity index (χ4n) is 1.85. The van der Waals surface area contributed by atoms with Crippen LogP contribution in [0.4, 0.5) is 0 Å². The highest BCUT2D eigenvalue weighted by Gasteiger charge is 2.11. The van der Waals surface area contributed by atoms with Crippen molar-refractivity contribution >= 4 is 12.6 Å². The van der Waals surface area contributed by atoms with Crippen LogP contribution in [0.1, 0.15) is 35.4 Å². The number of hydrogen-bond acceptors (Lipinski definition) is 2. The summed E-state index contributed by atoms with van der Waals surface area (Å²) in [7, 11) is 0. The van der Waals surface area contributed by atoms with Gasteiger partial charge in [0.2, 0.25) is 0 Å². The molecule has 0 heterocycles. The lowest BCUT2D eigenvalue weighted by molar-refractivity contribution is -0.109. The van der Waals surface area contributed by atoms with Gasteiger partial charge < -0.3 is 9.59 Å². The first-order valence-corrected chi connectivity index (χ1v) is 5.13. The molecule has 0 aliphatic carbocycles. The molecule has 1 aromatic carbocycles. The van der Waals surface area contributed by atoms with Crippen molar-refractivity contribution in [2.75, 3.05) is 0 Å². The molecular weight excluding hydrogens is 188 g/mol. The average Bonchev–Trinajstić information content (AvgIpc) is 2.16. The minimum Gasteiger partial charge on any atom is -0.303 e. The minimum absolute atomic E-state index is 0.0404. The number of benzene rings is 1. The Balaban J connectivity index is 2.98. The topological polar surface area (TPSA) is 34.1 Å². The Morgan fingerprint density at radius 1 is 1.00 bits per heavy atom. The van der Waals surface area contributed by atoms with Crippen LogP contribution < -0.4 is 0 Å². The summed E-state index contributed by atoms with van der Waals surface area (Å²) in [6.45, 7) is 4.05. The zero-order valence-corrected chi connectivity index (χ0v) is 9.19. The molecule has 0 radical (unpaired) electrons. The Bertz CT molecular complexity index is 325. The second-order valence-corrected chi connectivity index (χ2v) is 3.92. The van der Waals surface area contributed by atoms with Crippen LogP contribution in [0, 0.1) is 13.8 Å². The second kappa shape index (κ2) is 5.44. The van der Waals surface area contributed by atoms with Crippen molar-refractivity contribution in [3.63, 3.8) is 0 Å². The first-order valence-electron chi connectivity index (χ1n) is 5.13. The van der Waals surface area contributed by atoms with E-state index in [1.54, 1.807) is 0 Å². The highest BCUT2D eigenvalue weighted by molar-refractivity contribution is 5.57. The van der Waals surface area contributed by atoms with Crippen LogP contribution in [0.15, 0.2) is 18.2 Å². The lowest BCUT2D eigenvalue weighted by Crippen LogP contribution is -2.01. The number of carbonyl (C=O) groups excluding carboxylic acids is 2. The van der Waals surface area contributed by atoms with Gasteiger partial charge in [-0.25, -0.2) is 0 Å². The molecule has 0 amide bonds. The van der Waals surface area contributed by atoms with E-state index in [0.717, 1.165) is 18.1 Å². The van der Waals surface area contributed by atoms with Gasteiger partial charge >= 0.3 is 0 Å². The van der Waals surface area contributed by atoms with Crippen molar-refractivity contribution < 1.29 is 9.59 Å². The molecule has 2 nitrogen and oxygen atoms in total. The van der Waals surface area contributed by atoms with E-state index in [-0.39, 0.29) is 5.92 Å². The first kappa shape index (κ1) is 11.6. The molecule has 0 atom stereocenters. The average molecular weight is 204 g/mol. The third-order valence-corrected chi connectivity index (χ3v) is 2.48. The molecule has 0 aliphatic rings. The summed E-state index contributed by atoms with van der Waals surface area (Å²) in [6, 6.07) is 6.18. The summed E-state index contributed by atoms with van der Waals surface area (Å²) in [4.78, 5) is 21.0. The van der Waals surface area contributed by atoms with Crippen LogP contribution in [0.25, 0.3) is 0 Å². The molecule has 1 aromatic rings. The van der Waals surface area contributed by atoms with Crippen LogP contribution in [0.3, 0.4) is 0 Å². The van der Waals surface area contributed by atoms with Gasteiger partial charge in [0.15, 0.2) is 0 Å². The Morgan fingerprint density at radius 3 is 1.87 bits per heavy atom. The van der Waals surface area contributed by atoms with E-state index in [4.69, 9.17) is 0 Å². The van der Waals surface area contributed by atoms with E-state index in [2.05, 4.69) is 6.07 Å². The van der Waals surface area contributed by atoms with Crippen LogP contribution in [0.5, 0.6) is 0 Å². The van der Waals surface area contributed by atoms with Crippen LogP contribution >= 0.6 is 0 Å². The molecular formula is C13H16O2.